The van der Waals surface area contributed by atoms with E-state index in [0.717, 1.165) is 125 Å². The summed E-state index contributed by atoms with van der Waals surface area (Å²) in [5, 5.41) is 12.2. The SMILES string of the molecule is [2H]c1c([2H])c(-c2c3ccccc3c(-c3ccccc3)c3ccccc23)c2c(oc3ccccc32)c1[2H].[2H]c1c([2H])c(-c2cccc3oc4ccccc4c23)c([2H])c([2H])c1-c1c2ccccc2c(-c2ccccc2)c2ccccc12.[2H]c1c([2H])c([2H])c(-c2c3c([2H])c([2H])c([2H])c([2H])c3c(-c3ccc(-c4c(-c5ccccc5)ccc5oc6ccccc6c45)cc3)c3c([2H])c([2H])c([2H])c([2H])c23)c([2H])c1[2H]. The minimum Gasteiger partial charge on any atom is -0.456 e. The molecule has 0 bridgehead atoms. The van der Waals surface area contributed by atoms with Gasteiger partial charge in [-0.05, 0) is 196 Å². The molecule has 0 aliphatic rings. The zero-order chi connectivity index (χ0) is 94.7. The zero-order valence-corrected chi connectivity index (χ0v) is 62.2. The standard InChI is InChI=1S/C44H28O.C38H24O.C32H20O/c1-3-13-29(14-4-1)33-27-28-40-44(38-21-11-12-22-39(38)45-40)43(33)32-25-23-31(24-26-32)42-36-19-9-7-17-34(36)41(30-15-5-2-6-16-30)35-18-8-10-20-37(35)42;1-2-11-26(12-3-1)36-29-13-4-6-15-31(29)37(32-16-7-5-14-30(32)36)27-23-21-25(22-24-27)28-18-10-20-35-38(28)33-17-8-9-19-34(33)39-35;1-2-11-21(12-3-1)30-22-13-4-6-15-24(22)31(25-16-7-5-14-23(25)30)27-18-10-20-29-32(27)26-17-8-9-19-28(26)33-29/h1-28H;1-24H;1-20H/i2D,5D,6D,7D,8D,9D,10D,15D,16D,17D,18D,19D,20D;21D,22D,23D,24D;10D,18D,20D. The second-order valence-corrected chi connectivity index (χ2v) is 28.6. The molecule has 0 saturated heterocycles. The maximum atomic E-state index is 9.35. The highest BCUT2D eigenvalue weighted by Gasteiger charge is 2.25. The van der Waals surface area contributed by atoms with Gasteiger partial charge in [-0.25, -0.2) is 0 Å². The average Bonchev–Trinajstić information content (AvgIpc) is 1.13. The molecule has 3 heteroatoms. The first-order chi connectivity index (χ1) is 66.4. The average molecular weight is 1510 g/mol. The number of benzene rings is 21. The van der Waals surface area contributed by atoms with Crippen molar-refractivity contribution in [1.29, 1.82) is 0 Å². The van der Waals surface area contributed by atoms with Crippen LogP contribution in [-0.4, -0.2) is 0 Å². The third-order valence-electron chi connectivity index (χ3n) is 22.2. The van der Waals surface area contributed by atoms with Crippen molar-refractivity contribution in [2.75, 3.05) is 0 Å². The van der Waals surface area contributed by atoms with Gasteiger partial charge >= 0.3 is 0 Å². The molecular weight excluding hydrogens is 1420 g/mol. The number of para-hydroxylation sites is 3. The number of hydrogen-bond acceptors (Lipinski definition) is 3. The first kappa shape index (κ1) is 50.5. The summed E-state index contributed by atoms with van der Waals surface area (Å²) in [6.45, 7) is 0. The van der Waals surface area contributed by atoms with Gasteiger partial charge in [0.1, 0.15) is 33.5 Å². The van der Waals surface area contributed by atoms with Crippen LogP contribution in [0.1, 0.15) is 27.4 Å². The molecule has 0 radical (unpaired) electrons. The Morgan fingerprint density at radius 1 is 0.137 bits per heavy atom. The largest absolute Gasteiger partial charge is 0.456 e. The van der Waals surface area contributed by atoms with Crippen LogP contribution in [0.3, 0.4) is 0 Å². The molecule has 3 heterocycles. The highest BCUT2D eigenvalue weighted by molar-refractivity contribution is 6.27. The maximum absolute atomic E-state index is 9.35. The van der Waals surface area contributed by atoms with Gasteiger partial charge in [-0.3, -0.25) is 0 Å². The van der Waals surface area contributed by atoms with Gasteiger partial charge in [-0.2, -0.15) is 0 Å². The monoisotopic (exact) mass is 1510 g/mol. The van der Waals surface area contributed by atoms with E-state index in [1.54, 1.807) is 12.1 Å². The van der Waals surface area contributed by atoms with E-state index in [1.807, 2.05) is 231 Å². The van der Waals surface area contributed by atoms with Gasteiger partial charge < -0.3 is 13.3 Å². The maximum Gasteiger partial charge on any atom is 0.136 e. The minimum atomic E-state index is -0.714. The van der Waals surface area contributed by atoms with E-state index in [2.05, 4.69) is 72.8 Å². The number of fused-ring (bicyclic) bond motifs is 15. The molecule has 0 saturated carbocycles. The summed E-state index contributed by atoms with van der Waals surface area (Å²) in [7, 11) is 0. The molecule has 0 N–H and O–H groups in total. The summed E-state index contributed by atoms with van der Waals surface area (Å²) in [6, 6.07) is 94.1. The van der Waals surface area contributed by atoms with Crippen molar-refractivity contribution in [3.05, 3.63) is 436 Å². The molecule has 24 rings (SSSR count). The van der Waals surface area contributed by atoms with Gasteiger partial charge in [0.15, 0.2) is 0 Å². The lowest BCUT2D eigenvalue weighted by atomic mass is 9.85. The summed E-state index contributed by atoms with van der Waals surface area (Å²) in [6.07, 6.45) is 0. The Hall–Kier alpha value is -15.4. The summed E-state index contributed by atoms with van der Waals surface area (Å²) >= 11 is 0. The highest BCUT2D eigenvalue weighted by Crippen LogP contribution is 2.51. The summed E-state index contributed by atoms with van der Waals surface area (Å²) < 4.78 is 197. The molecule has 0 atom stereocenters. The lowest BCUT2D eigenvalue weighted by Crippen LogP contribution is -1.91. The molecule has 3 nitrogen and oxygen atoms in total. The van der Waals surface area contributed by atoms with E-state index >= 15 is 0 Å². The van der Waals surface area contributed by atoms with Gasteiger partial charge in [0.25, 0.3) is 0 Å². The first-order valence-electron chi connectivity index (χ1n) is 48.5. The second kappa shape index (κ2) is 29.0. The van der Waals surface area contributed by atoms with E-state index in [9.17, 15) is 11.0 Å². The van der Waals surface area contributed by atoms with Crippen molar-refractivity contribution in [3.63, 3.8) is 0 Å². The van der Waals surface area contributed by atoms with E-state index in [4.69, 9.17) is 29.7 Å². The second-order valence-electron chi connectivity index (χ2n) is 28.6. The van der Waals surface area contributed by atoms with Crippen molar-refractivity contribution in [1.82, 2.24) is 0 Å². The molecule has 0 spiro atoms. The van der Waals surface area contributed by atoms with Crippen LogP contribution in [0.25, 0.3) is 231 Å². The van der Waals surface area contributed by atoms with E-state index in [0.29, 0.717) is 61.3 Å². The van der Waals surface area contributed by atoms with E-state index in [-0.39, 0.29) is 80.5 Å². The molecule has 0 aliphatic carbocycles. The van der Waals surface area contributed by atoms with Crippen LogP contribution in [0.15, 0.2) is 450 Å². The van der Waals surface area contributed by atoms with Crippen LogP contribution >= 0.6 is 0 Å². The number of furan rings is 3. The molecule has 21 aromatic carbocycles. The predicted molar refractivity (Wildman–Crippen MR) is 495 cm³/mol. The molecule has 0 fully saturated rings. The van der Waals surface area contributed by atoms with Gasteiger partial charge in [-0.1, -0.05) is 400 Å². The van der Waals surface area contributed by atoms with Crippen molar-refractivity contribution >= 4 is 130 Å². The smallest absolute Gasteiger partial charge is 0.136 e. The van der Waals surface area contributed by atoms with Gasteiger partial charge in [0.2, 0.25) is 0 Å². The third-order valence-corrected chi connectivity index (χ3v) is 22.2. The van der Waals surface area contributed by atoms with Crippen LogP contribution in [-0.2, 0) is 0 Å². The fourth-order valence-corrected chi connectivity index (χ4v) is 17.3. The van der Waals surface area contributed by atoms with Crippen LogP contribution in [0.4, 0.5) is 0 Å². The molecule has 24 aromatic rings. The van der Waals surface area contributed by atoms with Crippen molar-refractivity contribution in [2.24, 2.45) is 0 Å². The Bertz CT molecular complexity index is 9030. The van der Waals surface area contributed by atoms with Gasteiger partial charge in [0.05, 0.1) is 27.4 Å². The summed E-state index contributed by atoms with van der Waals surface area (Å²) in [5.41, 5.74) is 14.8. The molecule has 117 heavy (non-hydrogen) atoms. The van der Waals surface area contributed by atoms with Crippen LogP contribution in [0.5, 0.6) is 0 Å². The zero-order valence-electron chi connectivity index (χ0n) is 82.2. The van der Waals surface area contributed by atoms with Crippen LogP contribution in [0, 0.1) is 0 Å². The van der Waals surface area contributed by atoms with Crippen molar-refractivity contribution in [3.8, 4) is 100 Å². The third kappa shape index (κ3) is 11.7. The molecule has 3 aromatic heterocycles. The molecular formula is C114H72O3. The first-order valence-corrected chi connectivity index (χ1v) is 38.5. The Balaban J connectivity index is 0.000000122. The Labute approximate surface area is 704 Å². The predicted octanol–water partition coefficient (Wildman–Crippen LogP) is 32.7. The normalized spacial score (nSPS) is 14.0. The van der Waals surface area contributed by atoms with Gasteiger partial charge in [-0.15, -0.1) is 0 Å². The topological polar surface area (TPSA) is 39.4 Å². The number of rotatable bonds is 9. The fraction of sp³-hybridized carbons (Fsp3) is 0. The summed E-state index contributed by atoms with van der Waals surface area (Å²) in [5.74, 6) is 0. The van der Waals surface area contributed by atoms with Crippen molar-refractivity contribution < 1.29 is 40.7 Å². The van der Waals surface area contributed by atoms with Gasteiger partial charge in [0, 0.05) is 37.9 Å². The molecule has 0 aliphatic heterocycles. The fourth-order valence-electron chi connectivity index (χ4n) is 17.3. The van der Waals surface area contributed by atoms with Crippen LogP contribution in [0.2, 0.25) is 0 Å². The van der Waals surface area contributed by atoms with E-state index < -0.39 is 84.1 Å². The summed E-state index contributed by atoms with van der Waals surface area (Å²) in [4.78, 5) is 0. The highest BCUT2D eigenvalue weighted by atomic mass is 16.3. The lowest BCUT2D eigenvalue weighted by molar-refractivity contribution is 0.668. The van der Waals surface area contributed by atoms with E-state index in [1.165, 1.54) is 0 Å². The molecule has 0 amide bonds. The molecule has 546 valence electrons. The number of hydrogen-bond donors (Lipinski definition) is 0. The minimum absolute atomic E-state index is 0.0434. The van der Waals surface area contributed by atoms with Crippen molar-refractivity contribution in [2.45, 2.75) is 0 Å². The quantitative estimate of drug-likeness (QED) is 0.135. The Kier molecular flexibility index (Phi) is 12.5. The Morgan fingerprint density at radius 2 is 0.453 bits per heavy atom. The Morgan fingerprint density at radius 3 is 0.923 bits per heavy atom. The van der Waals surface area contributed by atoms with Crippen LogP contribution < -0.4 is 0 Å². The lowest BCUT2D eigenvalue weighted by Gasteiger charge is -2.18. The molecule has 0 unspecified atom stereocenters.